The van der Waals surface area contributed by atoms with Crippen LogP contribution in [0.5, 0.6) is 0 Å². The Balaban J connectivity index is 2.29. The number of urea groups is 1. The van der Waals surface area contributed by atoms with Crippen molar-refractivity contribution < 1.29 is 14.3 Å². The summed E-state index contributed by atoms with van der Waals surface area (Å²) in [6.07, 6.45) is 0. The van der Waals surface area contributed by atoms with Gasteiger partial charge < -0.3 is 4.74 Å². The minimum Gasteiger partial charge on any atom is -0.459 e. The topological polar surface area (TPSA) is 81.0 Å². The maximum Gasteiger partial charge on any atom is 0.369 e. The van der Waals surface area contributed by atoms with Crippen molar-refractivity contribution in [2.24, 2.45) is 9.98 Å². The molecule has 6 nitrogen and oxygen atoms in total. The van der Waals surface area contributed by atoms with E-state index in [2.05, 4.69) is 15.0 Å². The van der Waals surface area contributed by atoms with Gasteiger partial charge in [-0.25, -0.2) is 9.78 Å². The number of carbonyl (C=O) groups excluding carboxylic acids is 2. The average molecular weight is 205 g/mol. The molecular formula is C9H7N3O3. The summed E-state index contributed by atoms with van der Waals surface area (Å²) in [7, 11) is 0. The van der Waals surface area contributed by atoms with Crippen molar-refractivity contribution in [3.8, 4) is 0 Å². The van der Waals surface area contributed by atoms with Gasteiger partial charge in [-0.1, -0.05) is 0 Å². The number of pyridine rings is 1. The maximum absolute atomic E-state index is 10.8. The molecule has 0 aromatic carbocycles. The Morgan fingerprint density at radius 2 is 2.20 bits per heavy atom. The third-order valence-electron chi connectivity index (χ3n) is 1.75. The second-order valence-corrected chi connectivity index (χ2v) is 2.93. The second kappa shape index (κ2) is 3.56. The fourth-order valence-corrected chi connectivity index (χ4v) is 1.12. The maximum atomic E-state index is 10.8. The van der Waals surface area contributed by atoms with Gasteiger partial charge >= 0.3 is 12.0 Å². The van der Waals surface area contributed by atoms with Crippen LogP contribution in [-0.4, -0.2) is 17.0 Å². The molecule has 0 saturated heterocycles. The number of aromatic nitrogens is 1. The summed E-state index contributed by atoms with van der Waals surface area (Å²) in [5.41, 5.74) is 0.822. The van der Waals surface area contributed by atoms with E-state index in [4.69, 9.17) is 4.74 Å². The molecule has 0 unspecified atom stereocenters. The Bertz CT molecular complexity index is 550. The van der Waals surface area contributed by atoms with Gasteiger partial charge in [0.25, 0.3) is 0 Å². The molecule has 0 N–H and O–H groups in total. The van der Waals surface area contributed by atoms with Crippen LogP contribution in [-0.2, 0) is 16.1 Å². The van der Waals surface area contributed by atoms with E-state index in [9.17, 15) is 9.59 Å². The Labute approximate surface area is 84.3 Å². The summed E-state index contributed by atoms with van der Waals surface area (Å²) in [6.45, 7) is 1.39. The van der Waals surface area contributed by atoms with Crippen molar-refractivity contribution in [1.82, 2.24) is 4.98 Å². The predicted molar refractivity (Wildman–Crippen MR) is 47.4 cm³/mol. The first-order chi connectivity index (χ1) is 7.15. The Morgan fingerprint density at radius 3 is 2.93 bits per heavy atom. The summed E-state index contributed by atoms with van der Waals surface area (Å²) >= 11 is 0. The number of nitrogens with zero attached hydrogens (tertiary/aromatic N) is 3. The molecule has 2 amide bonds. The van der Waals surface area contributed by atoms with Crippen LogP contribution < -0.4 is 10.8 Å². The Morgan fingerprint density at radius 1 is 1.40 bits per heavy atom. The van der Waals surface area contributed by atoms with Crippen molar-refractivity contribution in [2.45, 2.75) is 13.5 Å². The molecule has 0 fully saturated rings. The lowest BCUT2D eigenvalue weighted by Gasteiger charge is -1.99. The number of carbonyl (C=O) groups is 2. The highest BCUT2D eigenvalue weighted by Crippen LogP contribution is 1.93. The van der Waals surface area contributed by atoms with Crippen LogP contribution >= 0.6 is 0 Å². The van der Waals surface area contributed by atoms with Gasteiger partial charge in [-0.05, 0) is 12.1 Å². The minimum atomic E-state index is -0.554. The lowest BCUT2D eigenvalue weighted by molar-refractivity contribution is -0.142. The molecule has 0 atom stereocenters. The van der Waals surface area contributed by atoms with Crippen molar-refractivity contribution in [3.63, 3.8) is 0 Å². The lowest BCUT2D eigenvalue weighted by atomic mass is 10.3. The largest absolute Gasteiger partial charge is 0.459 e. The van der Waals surface area contributed by atoms with E-state index in [0.29, 0.717) is 11.1 Å². The van der Waals surface area contributed by atoms with Crippen molar-refractivity contribution in [1.29, 1.82) is 0 Å². The van der Waals surface area contributed by atoms with Gasteiger partial charge in [0.2, 0.25) is 0 Å². The first-order valence-corrected chi connectivity index (χ1v) is 4.26. The van der Waals surface area contributed by atoms with Crippen LogP contribution in [0.1, 0.15) is 12.6 Å². The highest BCUT2D eigenvalue weighted by atomic mass is 16.5. The molecule has 1 aliphatic heterocycles. The Kier molecular flexibility index (Phi) is 2.24. The molecule has 1 aromatic rings. The highest BCUT2D eigenvalue weighted by Gasteiger charge is 2.07. The SMILES string of the molecule is CC(=O)OCc1ccc2c(n1)=NC(=O)N=2. The number of fused-ring (bicyclic) bond motifs is 1. The molecule has 15 heavy (non-hydrogen) atoms. The molecule has 76 valence electrons. The zero-order valence-electron chi connectivity index (χ0n) is 7.93. The minimum absolute atomic E-state index is 0.0757. The molecule has 0 bridgehead atoms. The van der Waals surface area contributed by atoms with Gasteiger partial charge in [0.1, 0.15) is 12.0 Å². The van der Waals surface area contributed by atoms with E-state index in [0.717, 1.165) is 0 Å². The molecule has 1 aliphatic rings. The van der Waals surface area contributed by atoms with Gasteiger partial charge in [-0.15, -0.1) is 0 Å². The van der Waals surface area contributed by atoms with Crippen LogP contribution in [0.3, 0.4) is 0 Å². The van der Waals surface area contributed by atoms with Gasteiger partial charge in [0, 0.05) is 6.92 Å². The van der Waals surface area contributed by atoms with E-state index in [1.165, 1.54) is 6.92 Å². The molecule has 0 radical (unpaired) electrons. The quantitative estimate of drug-likeness (QED) is 0.610. The third-order valence-corrected chi connectivity index (χ3v) is 1.75. The lowest BCUT2D eigenvalue weighted by Crippen LogP contribution is -2.26. The summed E-state index contributed by atoms with van der Waals surface area (Å²) in [5, 5.41) is 0.451. The summed E-state index contributed by atoms with van der Waals surface area (Å²) < 4.78 is 4.76. The molecule has 0 spiro atoms. The standard InChI is InChI=1S/C9H7N3O3/c1-5(13)15-4-6-2-3-7-8(10-6)12-9(14)11-7/h2-3H,4H2,1H3. The zero-order valence-corrected chi connectivity index (χ0v) is 7.93. The third kappa shape index (κ3) is 2.04. The molecule has 0 saturated carbocycles. The number of esters is 1. The smallest absolute Gasteiger partial charge is 0.369 e. The van der Waals surface area contributed by atoms with Gasteiger partial charge in [-0.3, -0.25) is 4.79 Å². The predicted octanol–water partition coefficient (Wildman–Crippen LogP) is -0.483. The summed E-state index contributed by atoms with van der Waals surface area (Å²) in [5.74, 6) is -0.380. The first-order valence-electron chi connectivity index (χ1n) is 4.26. The number of hydrogen-bond donors (Lipinski definition) is 0. The Hall–Kier alpha value is -2.11. The first kappa shape index (κ1) is 9.45. The van der Waals surface area contributed by atoms with E-state index < -0.39 is 6.03 Å². The molecule has 6 heteroatoms. The van der Waals surface area contributed by atoms with Crippen LogP contribution in [0.4, 0.5) is 4.79 Å². The number of ether oxygens (including phenoxy) is 1. The van der Waals surface area contributed by atoms with Gasteiger partial charge in [0.05, 0.1) is 5.69 Å². The number of rotatable bonds is 2. The van der Waals surface area contributed by atoms with Crippen LogP contribution in [0.2, 0.25) is 0 Å². The van der Waals surface area contributed by atoms with E-state index in [1.807, 2.05) is 0 Å². The summed E-state index contributed by atoms with van der Waals surface area (Å²) in [4.78, 5) is 32.6. The normalized spacial score (nSPS) is 12.7. The van der Waals surface area contributed by atoms with E-state index in [-0.39, 0.29) is 18.1 Å². The molecule has 1 aromatic heterocycles. The van der Waals surface area contributed by atoms with Crippen molar-refractivity contribution in [3.05, 3.63) is 28.7 Å². The summed E-state index contributed by atoms with van der Waals surface area (Å²) in [6, 6.07) is 2.71. The van der Waals surface area contributed by atoms with E-state index >= 15 is 0 Å². The zero-order chi connectivity index (χ0) is 10.8. The van der Waals surface area contributed by atoms with Crippen molar-refractivity contribution in [2.75, 3.05) is 0 Å². The van der Waals surface area contributed by atoms with E-state index in [1.54, 1.807) is 12.1 Å². The highest BCUT2D eigenvalue weighted by molar-refractivity contribution is 5.77. The molecule has 2 heterocycles. The average Bonchev–Trinajstić information content (AvgIpc) is 2.53. The van der Waals surface area contributed by atoms with Gasteiger partial charge in [0.15, 0.2) is 5.49 Å². The fourth-order valence-electron chi connectivity index (χ4n) is 1.12. The van der Waals surface area contributed by atoms with Crippen LogP contribution in [0, 0.1) is 0 Å². The van der Waals surface area contributed by atoms with Gasteiger partial charge in [-0.2, -0.15) is 9.98 Å². The van der Waals surface area contributed by atoms with Crippen LogP contribution in [0.25, 0.3) is 0 Å². The van der Waals surface area contributed by atoms with Crippen molar-refractivity contribution >= 4 is 12.0 Å². The second-order valence-electron chi connectivity index (χ2n) is 2.93. The number of amides is 2. The molecule has 0 aliphatic carbocycles. The molecule has 2 rings (SSSR count). The fraction of sp³-hybridized carbons (Fsp3) is 0.222. The number of hydrogen-bond acceptors (Lipinski definition) is 4. The molecular weight excluding hydrogens is 198 g/mol. The monoisotopic (exact) mass is 205 g/mol. The van der Waals surface area contributed by atoms with Crippen LogP contribution in [0.15, 0.2) is 22.1 Å².